The molecule has 0 bridgehead atoms. The monoisotopic (exact) mass is 521 g/mol. The molecule has 1 amide bonds. The predicted octanol–water partition coefficient (Wildman–Crippen LogP) is 2.66. The minimum Gasteiger partial charge on any atom is -0.495 e. The summed E-state index contributed by atoms with van der Waals surface area (Å²) in [7, 11) is 2.09. The van der Waals surface area contributed by atoms with E-state index in [1.165, 1.54) is 61.5 Å². The molecule has 12 heteroatoms. The van der Waals surface area contributed by atoms with Gasteiger partial charge in [-0.05, 0) is 50.2 Å². The van der Waals surface area contributed by atoms with Crippen LogP contribution in [0.25, 0.3) is 10.2 Å². The molecule has 0 atom stereocenters. The highest BCUT2D eigenvalue weighted by Gasteiger charge is 2.23. The third-order valence-electron chi connectivity index (χ3n) is 5.41. The molecule has 0 aliphatic rings. The van der Waals surface area contributed by atoms with Crippen LogP contribution in [0.5, 0.6) is 11.5 Å². The smallest absolute Gasteiger partial charge is 0.325 e. The number of carbonyl (C=O) groups is 2. The van der Waals surface area contributed by atoms with E-state index in [2.05, 4.69) is 4.99 Å². The van der Waals surface area contributed by atoms with Gasteiger partial charge in [-0.15, -0.1) is 0 Å². The van der Waals surface area contributed by atoms with Crippen LogP contribution in [0, 0.1) is 0 Å². The van der Waals surface area contributed by atoms with Crippen molar-refractivity contribution in [2.24, 2.45) is 4.99 Å². The summed E-state index contributed by atoms with van der Waals surface area (Å²) in [5, 5.41) is 0. The van der Waals surface area contributed by atoms with Crippen LogP contribution in [0.15, 0.2) is 46.3 Å². The summed E-state index contributed by atoms with van der Waals surface area (Å²) in [6, 6.07) is 8.76. The number of nitrogens with zero attached hydrogens (tertiary/aromatic N) is 3. The van der Waals surface area contributed by atoms with Crippen molar-refractivity contribution in [1.29, 1.82) is 0 Å². The summed E-state index contributed by atoms with van der Waals surface area (Å²) in [5.74, 6) is -0.137. The van der Waals surface area contributed by atoms with E-state index in [1.807, 2.05) is 0 Å². The Hall–Kier alpha value is -3.22. The predicted molar refractivity (Wildman–Crippen MR) is 131 cm³/mol. The van der Waals surface area contributed by atoms with Crippen molar-refractivity contribution in [3.63, 3.8) is 0 Å². The van der Waals surface area contributed by atoms with Crippen LogP contribution in [0.2, 0.25) is 0 Å². The highest BCUT2D eigenvalue weighted by molar-refractivity contribution is 7.89. The zero-order valence-corrected chi connectivity index (χ0v) is 21.9. The van der Waals surface area contributed by atoms with Crippen molar-refractivity contribution < 1.29 is 32.2 Å². The van der Waals surface area contributed by atoms with Gasteiger partial charge in [0.1, 0.15) is 28.3 Å². The third-order valence-corrected chi connectivity index (χ3v) is 8.55. The molecule has 0 aliphatic carbocycles. The Morgan fingerprint density at radius 2 is 1.63 bits per heavy atom. The first kappa shape index (κ1) is 26.4. The number of esters is 1. The number of aromatic nitrogens is 1. The summed E-state index contributed by atoms with van der Waals surface area (Å²) >= 11 is 1.15. The van der Waals surface area contributed by atoms with E-state index in [0.29, 0.717) is 21.7 Å². The van der Waals surface area contributed by atoms with E-state index in [9.17, 15) is 18.0 Å². The molecular weight excluding hydrogens is 494 g/mol. The fourth-order valence-electron chi connectivity index (χ4n) is 3.24. The first-order valence-electron chi connectivity index (χ1n) is 10.5. The van der Waals surface area contributed by atoms with Crippen molar-refractivity contribution in [2.45, 2.75) is 31.3 Å². The van der Waals surface area contributed by atoms with E-state index < -0.39 is 21.9 Å². The van der Waals surface area contributed by atoms with Gasteiger partial charge in [-0.3, -0.25) is 9.59 Å². The van der Waals surface area contributed by atoms with Gasteiger partial charge in [0, 0.05) is 18.7 Å². The maximum absolute atomic E-state index is 13.0. The van der Waals surface area contributed by atoms with Crippen LogP contribution in [0.4, 0.5) is 0 Å². The van der Waals surface area contributed by atoms with Gasteiger partial charge in [0.25, 0.3) is 5.91 Å². The number of rotatable bonds is 8. The number of hydrogen-bond acceptors (Lipinski definition) is 8. The molecule has 35 heavy (non-hydrogen) atoms. The summed E-state index contributed by atoms with van der Waals surface area (Å²) < 4.78 is 44.5. The van der Waals surface area contributed by atoms with Crippen LogP contribution in [0.3, 0.4) is 0 Å². The molecule has 188 valence electrons. The number of thiazole rings is 1. The molecule has 0 N–H and O–H groups in total. The molecule has 0 aliphatic heterocycles. The highest BCUT2D eigenvalue weighted by Crippen LogP contribution is 2.35. The average Bonchev–Trinajstić information content (AvgIpc) is 3.20. The topological polar surface area (TPSA) is 117 Å². The molecule has 10 nitrogen and oxygen atoms in total. The number of amides is 1. The number of hydrogen-bond donors (Lipinski definition) is 0. The zero-order valence-electron chi connectivity index (χ0n) is 20.3. The summed E-state index contributed by atoms with van der Waals surface area (Å²) in [4.78, 5) is 29.6. The second kappa shape index (κ2) is 10.6. The second-order valence-corrected chi connectivity index (χ2v) is 10.7. The number of carbonyl (C=O) groups excluding carboxylic acids is 2. The van der Waals surface area contributed by atoms with Crippen molar-refractivity contribution in [3.05, 3.63) is 46.8 Å². The standard InChI is InChI=1S/C23H27N3O7S2/c1-14(2)25(3)35(29,30)16-9-7-15(8-10-16)22(28)24-23-26(13-19(27)33-6)20-17(31-4)11-12-18(32-5)21(20)34-23/h7-12,14H,13H2,1-6H3. The highest BCUT2D eigenvalue weighted by atomic mass is 32.2. The molecule has 0 saturated heterocycles. The SMILES string of the molecule is COC(=O)Cn1c(=NC(=O)c2ccc(S(=O)(=O)N(C)C(C)C)cc2)sc2c(OC)ccc(OC)c21. The van der Waals surface area contributed by atoms with Crippen LogP contribution in [0.1, 0.15) is 24.2 Å². The minimum atomic E-state index is -3.69. The van der Waals surface area contributed by atoms with E-state index in [-0.39, 0.29) is 27.8 Å². The number of ether oxygens (including phenoxy) is 3. The molecule has 0 saturated carbocycles. The van der Waals surface area contributed by atoms with Crippen LogP contribution in [-0.4, -0.2) is 63.6 Å². The van der Waals surface area contributed by atoms with E-state index in [1.54, 1.807) is 26.0 Å². The van der Waals surface area contributed by atoms with Crippen molar-refractivity contribution >= 4 is 43.5 Å². The van der Waals surface area contributed by atoms with Crippen molar-refractivity contribution in [2.75, 3.05) is 28.4 Å². The Balaban J connectivity index is 2.11. The quantitative estimate of drug-likeness (QED) is 0.419. The fraction of sp³-hybridized carbons (Fsp3) is 0.348. The lowest BCUT2D eigenvalue weighted by Crippen LogP contribution is -2.33. The molecule has 0 unspecified atom stereocenters. The zero-order chi connectivity index (χ0) is 25.9. The molecular formula is C23H27N3O7S2. The van der Waals surface area contributed by atoms with Gasteiger partial charge in [-0.2, -0.15) is 9.30 Å². The third kappa shape index (κ3) is 5.24. The molecule has 3 rings (SSSR count). The largest absolute Gasteiger partial charge is 0.495 e. The number of methoxy groups -OCH3 is 3. The maximum atomic E-state index is 13.0. The Bertz CT molecular complexity index is 1420. The Labute approximate surface area is 207 Å². The van der Waals surface area contributed by atoms with Gasteiger partial charge in [-0.1, -0.05) is 11.3 Å². The Morgan fingerprint density at radius 1 is 1.03 bits per heavy atom. The Morgan fingerprint density at radius 3 is 2.17 bits per heavy atom. The first-order valence-corrected chi connectivity index (χ1v) is 12.8. The lowest BCUT2D eigenvalue weighted by atomic mass is 10.2. The molecule has 2 aromatic carbocycles. The van der Waals surface area contributed by atoms with E-state index >= 15 is 0 Å². The minimum absolute atomic E-state index is 0.0716. The van der Waals surface area contributed by atoms with Gasteiger partial charge in [0.15, 0.2) is 4.80 Å². The fourth-order valence-corrected chi connectivity index (χ4v) is 5.75. The lowest BCUT2D eigenvalue weighted by molar-refractivity contribution is -0.141. The van der Waals surface area contributed by atoms with Crippen LogP contribution >= 0.6 is 11.3 Å². The van der Waals surface area contributed by atoms with Crippen molar-refractivity contribution in [1.82, 2.24) is 8.87 Å². The molecule has 0 radical (unpaired) electrons. The summed E-state index contributed by atoms with van der Waals surface area (Å²) in [6.45, 7) is 3.34. The van der Waals surface area contributed by atoms with Gasteiger partial charge < -0.3 is 18.8 Å². The number of benzene rings is 2. The van der Waals surface area contributed by atoms with Crippen LogP contribution in [-0.2, 0) is 26.1 Å². The summed E-state index contributed by atoms with van der Waals surface area (Å²) in [5.41, 5.74) is 0.726. The van der Waals surface area contributed by atoms with Crippen molar-refractivity contribution in [3.8, 4) is 11.5 Å². The van der Waals surface area contributed by atoms with E-state index in [0.717, 1.165) is 11.3 Å². The number of fused-ring (bicyclic) bond motifs is 1. The molecule has 1 heterocycles. The van der Waals surface area contributed by atoms with Gasteiger partial charge >= 0.3 is 5.97 Å². The second-order valence-electron chi connectivity index (χ2n) is 7.75. The van der Waals surface area contributed by atoms with E-state index in [4.69, 9.17) is 14.2 Å². The normalized spacial score (nSPS) is 12.4. The van der Waals surface area contributed by atoms with Gasteiger partial charge in [0.05, 0.1) is 26.2 Å². The maximum Gasteiger partial charge on any atom is 0.325 e. The molecule has 3 aromatic rings. The average molecular weight is 522 g/mol. The lowest BCUT2D eigenvalue weighted by Gasteiger charge is -2.20. The summed E-state index contributed by atoms with van der Waals surface area (Å²) in [6.07, 6.45) is 0. The first-order chi connectivity index (χ1) is 16.5. The van der Waals surface area contributed by atoms with Gasteiger partial charge in [-0.25, -0.2) is 8.42 Å². The Kier molecular flexibility index (Phi) is 7.98. The molecule has 0 spiro atoms. The molecule has 1 aromatic heterocycles. The van der Waals surface area contributed by atoms with Crippen LogP contribution < -0.4 is 14.3 Å². The van der Waals surface area contributed by atoms with Gasteiger partial charge in [0.2, 0.25) is 10.0 Å². The molecule has 0 fully saturated rings. The number of sulfonamides is 1.